The van der Waals surface area contributed by atoms with E-state index < -0.39 is 14.5 Å². The number of pyridine rings is 1. The molecule has 0 radical (unpaired) electrons. The molecule has 0 aliphatic heterocycles. The van der Waals surface area contributed by atoms with Crippen LogP contribution in [0.25, 0.3) is 0 Å². The minimum Gasteiger partial charge on any atom is -0.411 e. The van der Waals surface area contributed by atoms with Gasteiger partial charge in [-0.3, -0.25) is 4.98 Å². The molecular weight excluding hydrogens is 244 g/mol. The van der Waals surface area contributed by atoms with Crippen molar-refractivity contribution < 1.29 is 9.53 Å². The van der Waals surface area contributed by atoms with Crippen LogP contribution < -0.4 is 5.73 Å². The zero-order valence-electron chi connectivity index (χ0n) is 11.9. The van der Waals surface area contributed by atoms with E-state index >= 15 is 0 Å². The predicted molar refractivity (Wildman–Crippen MR) is 75.4 cm³/mol. The Bertz CT molecular complexity index is 400. The van der Waals surface area contributed by atoms with Gasteiger partial charge in [-0.15, -0.1) is 0 Å². The molecule has 0 aromatic carbocycles. The molecule has 18 heavy (non-hydrogen) atoms. The van der Waals surface area contributed by atoms with Gasteiger partial charge < -0.3 is 15.3 Å². The summed E-state index contributed by atoms with van der Waals surface area (Å²) in [6.07, 6.45) is -1.03. The molecule has 4 nitrogen and oxygen atoms in total. The van der Waals surface area contributed by atoms with Crippen LogP contribution in [-0.2, 0) is 11.0 Å². The fourth-order valence-corrected chi connectivity index (χ4v) is 2.16. The maximum Gasteiger partial charge on any atom is 0.192 e. The van der Waals surface area contributed by atoms with E-state index in [-0.39, 0.29) is 5.04 Å². The first-order chi connectivity index (χ1) is 8.13. The molecule has 0 spiro atoms. The van der Waals surface area contributed by atoms with Gasteiger partial charge in [-0.2, -0.15) is 0 Å². The molecule has 102 valence electrons. The first kappa shape index (κ1) is 15.3. The molecule has 0 aliphatic rings. The minimum atomic E-state index is -1.77. The largest absolute Gasteiger partial charge is 0.411 e. The van der Waals surface area contributed by atoms with Crippen LogP contribution in [0.3, 0.4) is 0 Å². The van der Waals surface area contributed by atoms with Crippen LogP contribution in [0.15, 0.2) is 18.2 Å². The highest BCUT2D eigenvalue weighted by Crippen LogP contribution is 2.36. The standard InChI is InChI=1S/C13H24N2O2Si/c1-13(2,3)18(4,5)17-9-10-7-6-8-11(15-10)12(14)16/h6-8,12,16H,9,14H2,1-5H3/t12-/m1/s1. The Morgan fingerprint density at radius 3 is 2.50 bits per heavy atom. The topological polar surface area (TPSA) is 68.4 Å². The van der Waals surface area contributed by atoms with E-state index in [1.807, 2.05) is 12.1 Å². The Hall–Kier alpha value is -0.753. The lowest BCUT2D eigenvalue weighted by Gasteiger charge is -2.36. The second-order valence-corrected chi connectivity index (χ2v) is 10.9. The number of rotatable bonds is 4. The summed E-state index contributed by atoms with van der Waals surface area (Å²) in [4.78, 5) is 4.28. The van der Waals surface area contributed by atoms with E-state index in [1.54, 1.807) is 6.07 Å². The van der Waals surface area contributed by atoms with Crippen LogP contribution in [0.5, 0.6) is 0 Å². The van der Waals surface area contributed by atoms with Gasteiger partial charge in [0.2, 0.25) is 0 Å². The van der Waals surface area contributed by atoms with Crippen molar-refractivity contribution >= 4 is 8.32 Å². The summed E-state index contributed by atoms with van der Waals surface area (Å²) < 4.78 is 6.07. The molecule has 0 saturated heterocycles. The summed E-state index contributed by atoms with van der Waals surface area (Å²) in [6.45, 7) is 11.5. The van der Waals surface area contributed by atoms with Crippen molar-refractivity contribution in [3.8, 4) is 0 Å². The molecule has 0 amide bonds. The molecule has 0 unspecified atom stereocenters. The van der Waals surface area contributed by atoms with Crippen LogP contribution in [0.4, 0.5) is 0 Å². The summed E-state index contributed by atoms with van der Waals surface area (Å²) in [5, 5.41) is 9.47. The molecule has 1 aromatic heterocycles. The molecule has 1 heterocycles. The average molecular weight is 268 g/mol. The molecule has 0 fully saturated rings. The van der Waals surface area contributed by atoms with Gasteiger partial charge in [-0.25, -0.2) is 0 Å². The number of aliphatic hydroxyl groups excluding tert-OH is 1. The molecule has 0 aliphatic carbocycles. The Balaban J connectivity index is 2.72. The smallest absolute Gasteiger partial charge is 0.192 e. The van der Waals surface area contributed by atoms with E-state index in [4.69, 9.17) is 10.2 Å². The Morgan fingerprint density at radius 2 is 2.00 bits per heavy atom. The van der Waals surface area contributed by atoms with Crippen molar-refractivity contribution in [2.75, 3.05) is 0 Å². The van der Waals surface area contributed by atoms with Crippen molar-refractivity contribution in [2.24, 2.45) is 5.73 Å². The summed E-state index contributed by atoms with van der Waals surface area (Å²) in [7, 11) is -1.77. The molecule has 1 rings (SSSR count). The monoisotopic (exact) mass is 268 g/mol. The van der Waals surface area contributed by atoms with Gasteiger partial charge in [0.1, 0.15) is 6.23 Å². The molecule has 1 aromatic rings. The molecular formula is C13H24N2O2Si. The average Bonchev–Trinajstić information content (AvgIpc) is 2.25. The minimum absolute atomic E-state index is 0.179. The fraction of sp³-hybridized carbons (Fsp3) is 0.615. The fourth-order valence-electron chi connectivity index (χ4n) is 1.21. The maximum absolute atomic E-state index is 9.29. The molecule has 0 saturated carbocycles. The molecule has 1 atom stereocenters. The number of hydrogen-bond acceptors (Lipinski definition) is 4. The second-order valence-electron chi connectivity index (χ2n) is 6.05. The quantitative estimate of drug-likeness (QED) is 0.650. The molecule has 0 bridgehead atoms. The number of aliphatic hydroxyl groups is 1. The SMILES string of the molecule is CC(C)(C)[Si](C)(C)OCc1cccc([C@H](N)O)n1. The van der Waals surface area contributed by atoms with Crippen LogP contribution in [0.1, 0.15) is 38.4 Å². The van der Waals surface area contributed by atoms with Gasteiger partial charge in [0, 0.05) is 0 Å². The van der Waals surface area contributed by atoms with E-state index in [9.17, 15) is 5.11 Å². The number of nitrogens with zero attached hydrogens (tertiary/aromatic N) is 1. The summed E-state index contributed by atoms with van der Waals surface area (Å²) in [6, 6.07) is 5.43. The highest BCUT2D eigenvalue weighted by Gasteiger charge is 2.37. The highest BCUT2D eigenvalue weighted by atomic mass is 28.4. The van der Waals surface area contributed by atoms with Crippen molar-refractivity contribution in [2.45, 2.75) is 51.7 Å². The predicted octanol–water partition coefficient (Wildman–Crippen LogP) is 2.55. The molecule has 3 N–H and O–H groups in total. The van der Waals surface area contributed by atoms with Crippen molar-refractivity contribution in [3.63, 3.8) is 0 Å². The van der Waals surface area contributed by atoms with Gasteiger partial charge >= 0.3 is 0 Å². The zero-order valence-corrected chi connectivity index (χ0v) is 12.9. The van der Waals surface area contributed by atoms with Crippen molar-refractivity contribution in [1.82, 2.24) is 4.98 Å². The van der Waals surface area contributed by atoms with Gasteiger partial charge in [0.15, 0.2) is 8.32 Å². The third kappa shape index (κ3) is 3.88. The first-order valence-electron chi connectivity index (χ1n) is 6.17. The van der Waals surface area contributed by atoms with Gasteiger partial charge in [0.05, 0.1) is 18.0 Å². The highest BCUT2D eigenvalue weighted by molar-refractivity contribution is 6.74. The third-order valence-corrected chi connectivity index (χ3v) is 8.00. The van der Waals surface area contributed by atoms with Crippen LogP contribution in [-0.4, -0.2) is 18.4 Å². The van der Waals surface area contributed by atoms with Gasteiger partial charge in [-0.05, 0) is 30.3 Å². The summed E-state index contributed by atoms with van der Waals surface area (Å²) in [5.41, 5.74) is 6.68. The normalized spacial score (nSPS) is 14.6. The number of nitrogens with two attached hydrogens (primary N) is 1. The summed E-state index contributed by atoms with van der Waals surface area (Å²) in [5.74, 6) is 0. The Kier molecular flexibility index (Phi) is 4.66. The number of hydrogen-bond donors (Lipinski definition) is 2. The zero-order chi connectivity index (χ0) is 14.0. The van der Waals surface area contributed by atoms with Crippen molar-refractivity contribution in [3.05, 3.63) is 29.6 Å². The maximum atomic E-state index is 9.29. The Labute approximate surface area is 110 Å². The molecule has 5 heteroatoms. The van der Waals surface area contributed by atoms with E-state index in [2.05, 4.69) is 38.8 Å². The summed E-state index contributed by atoms with van der Waals surface area (Å²) >= 11 is 0. The third-order valence-electron chi connectivity index (χ3n) is 3.52. The van der Waals surface area contributed by atoms with E-state index in [0.29, 0.717) is 12.3 Å². The van der Waals surface area contributed by atoms with E-state index in [0.717, 1.165) is 5.69 Å². The van der Waals surface area contributed by atoms with E-state index in [1.165, 1.54) is 0 Å². The van der Waals surface area contributed by atoms with Crippen LogP contribution in [0.2, 0.25) is 18.1 Å². The first-order valence-corrected chi connectivity index (χ1v) is 9.08. The van der Waals surface area contributed by atoms with Crippen LogP contribution >= 0.6 is 0 Å². The van der Waals surface area contributed by atoms with Crippen LogP contribution in [0, 0.1) is 0 Å². The lowest BCUT2D eigenvalue weighted by Crippen LogP contribution is -2.40. The lowest BCUT2D eigenvalue weighted by atomic mass is 10.2. The second kappa shape index (κ2) is 5.48. The number of aromatic nitrogens is 1. The lowest BCUT2D eigenvalue weighted by molar-refractivity contribution is 0.180. The Morgan fingerprint density at radius 1 is 1.39 bits per heavy atom. The van der Waals surface area contributed by atoms with Crippen molar-refractivity contribution in [1.29, 1.82) is 0 Å². The van der Waals surface area contributed by atoms with Gasteiger partial charge in [-0.1, -0.05) is 26.8 Å². The van der Waals surface area contributed by atoms with Gasteiger partial charge in [0.25, 0.3) is 0 Å².